The Balaban J connectivity index is 1.98. The Labute approximate surface area is 112 Å². The van der Waals surface area contributed by atoms with Crippen LogP contribution < -0.4 is 10.1 Å². The third-order valence-corrected chi connectivity index (χ3v) is 2.95. The average molecular weight is 266 g/mol. The van der Waals surface area contributed by atoms with Gasteiger partial charge in [-0.05, 0) is 37.3 Å². The smallest absolute Gasteiger partial charge is 0.137 e. The van der Waals surface area contributed by atoms with Crippen molar-refractivity contribution in [1.29, 1.82) is 0 Å². The van der Waals surface area contributed by atoms with Crippen LogP contribution in [0.1, 0.15) is 12.7 Å². The standard InChI is InChI=1S/C14H16ClNO2/c1-10(8-12-4-3-7-18-12)16-11-5-6-14(17-2)13(15)9-11/h3-7,9-10,16H,8H2,1-2H3. The minimum absolute atomic E-state index is 0.264. The molecule has 0 aliphatic heterocycles. The molecule has 1 unspecified atom stereocenters. The van der Waals surface area contributed by atoms with Crippen molar-refractivity contribution in [3.63, 3.8) is 0 Å². The molecule has 1 N–H and O–H groups in total. The molecule has 0 aliphatic rings. The minimum atomic E-state index is 0.264. The first-order valence-electron chi connectivity index (χ1n) is 5.81. The van der Waals surface area contributed by atoms with Gasteiger partial charge in [0.1, 0.15) is 11.5 Å². The van der Waals surface area contributed by atoms with E-state index in [0.29, 0.717) is 10.8 Å². The van der Waals surface area contributed by atoms with Gasteiger partial charge in [0.2, 0.25) is 0 Å². The maximum Gasteiger partial charge on any atom is 0.137 e. The molecule has 1 atom stereocenters. The van der Waals surface area contributed by atoms with Crippen LogP contribution in [0, 0.1) is 0 Å². The van der Waals surface area contributed by atoms with Crippen LogP contribution in [0.25, 0.3) is 0 Å². The highest BCUT2D eigenvalue weighted by atomic mass is 35.5. The fraction of sp³-hybridized carbons (Fsp3) is 0.286. The van der Waals surface area contributed by atoms with Crippen molar-refractivity contribution in [2.75, 3.05) is 12.4 Å². The molecule has 3 nitrogen and oxygen atoms in total. The second-order valence-corrected chi connectivity index (χ2v) is 4.59. The monoisotopic (exact) mass is 265 g/mol. The van der Waals surface area contributed by atoms with Crippen LogP contribution in [0.4, 0.5) is 5.69 Å². The lowest BCUT2D eigenvalue weighted by Gasteiger charge is -2.15. The molecule has 2 aromatic rings. The molecule has 1 aromatic carbocycles. The summed E-state index contributed by atoms with van der Waals surface area (Å²) >= 11 is 6.07. The molecule has 0 saturated carbocycles. The summed E-state index contributed by atoms with van der Waals surface area (Å²) < 4.78 is 10.4. The van der Waals surface area contributed by atoms with Crippen molar-refractivity contribution >= 4 is 17.3 Å². The lowest BCUT2D eigenvalue weighted by Crippen LogP contribution is -2.17. The number of nitrogens with one attached hydrogen (secondary N) is 1. The van der Waals surface area contributed by atoms with E-state index in [1.54, 1.807) is 13.4 Å². The van der Waals surface area contributed by atoms with Crippen LogP contribution >= 0.6 is 11.6 Å². The number of rotatable bonds is 5. The van der Waals surface area contributed by atoms with E-state index in [1.807, 2.05) is 30.3 Å². The van der Waals surface area contributed by atoms with Gasteiger partial charge < -0.3 is 14.5 Å². The maximum atomic E-state index is 6.07. The lowest BCUT2D eigenvalue weighted by atomic mass is 10.2. The number of furan rings is 1. The van der Waals surface area contributed by atoms with E-state index >= 15 is 0 Å². The second kappa shape index (κ2) is 5.83. The van der Waals surface area contributed by atoms with Gasteiger partial charge in [0.25, 0.3) is 0 Å². The first-order chi connectivity index (χ1) is 8.69. The van der Waals surface area contributed by atoms with Crippen LogP contribution in [-0.2, 0) is 6.42 Å². The Kier molecular flexibility index (Phi) is 4.15. The largest absolute Gasteiger partial charge is 0.495 e. The zero-order chi connectivity index (χ0) is 13.0. The number of methoxy groups -OCH3 is 1. The number of anilines is 1. The average Bonchev–Trinajstić information content (AvgIpc) is 2.82. The molecule has 0 amide bonds. The summed E-state index contributed by atoms with van der Waals surface area (Å²) in [6, 6.07) is 9.79. The molecule has 0 radical (unpaired) electrons. The van der Waals surface area contributed by atoms with Gasteiger partial charge in [0, 0.05) is 18.2 Å². The molecule has 0 bridgehead atoms. The van der Waals surface area contributed by atoms with E-state index in [-0.39, 0.29) is 6.04 Å². The first kappa shape index (κ1) is 12.8. The molecule has 1 heterocycles. The van der Waals surface area contributed by atoms with Crippen LogP contribution in [0.5, 0.6) is 5.75 Å². The van der Waals surface area contributed by atoms with Crippen molar-refractivity contribution in [2.45, 2.75) is 19.4 Å². The SMILES string of the molecule is COc1ccc(NC(C)Cc2ccco2)cc1Cl. The number of benzene rings is 1. The first-order valence-corrected chi connectivity index (χ1v) is 6.19. The topological polar surface area (TPSA) is 34.4 Å². The minimum Gasteiger partial charge on any atom is -0.495 e. The Morgan fingerprint density at radius 3 is 2.83 bits per heavy atom. The van der Waals surface area contributed by atoms with Gasteiger partial charge in [0.15, 0.2) is 0 Å². The number of halogens is 1. The summed E-state index contributed by atoms with van der Waals surface area (Å²) in [5.74, 6) is 1.65. The van der Waals surface area contributed by atoms with Gasteiger partial charge in [-0.3, -0.25) is 0 Å². The normalized spacial score (nSPS) is 12.2. The fourth-order valence-electron chi connectivity index (χ4n) is 1.82. The summed E-state index contributed by atoms with van der Waals surface area (Å²) in [5, 5.41) is 3.98. The zero-order valence-electron chi connectivity index (χ0n) is 10.4. The number of ether oxygens (including phenoxy) is 1. The van der Waals surface area contributed by atoms with Crippen molar-refractivity contribution < 1.29 is 9.15 Å². The Bertz CT molecular complexity index is 497. The van der Waals surface area contributed by atoms with E-state index in [1.165, 1.54) is 0 Å². The van der Waals surface area contributed by atoms with Gasteiger partial charge in [-0.25, -0.2) is 0 Å². The third kappa shape index (κ3) is 3.20. The van der Waals surface area contributed by atoms with E-state index < -0.39 is 0 Å². The Hall–Kier alpha value is -1.61. The highest BCUT2D eigenvalue weighted by Gasteiger charge is 2.07. The Morgan fingerprint density at radius 2 is 2.22 bits per heavy atom. The summed E-state index contributed by atoms with van der Waals surface area (Å²) in [4.78, 5) is 0. The number of hydrogen-bond donors (Lipinski definition) is 1. The van der Waals surface area contributed by atoms with E-state index in [4.69, 9.17) is 20.8 Å². The van der Waals surface area contributed by atoms with Gasteiger partial charge in [0.05, 0.1) is 18.4 Å². The molecule has 0 spiro atoms. The van der Waals surface area contributed by atoms with E-state index in [9.17, 15) is 0 Å². The van der Waals surface area contributed by atoms with Gasteiger partial charge in [-0.2, -0.15) is 0 Å². The highest BCUT2D eigenvalue weighted by molar-refractivity contribution is 6.32. The summed E-state index contributed by atoms with van der Waals surface area (Å²) in [6.45, 7) is 2.10. The second-order valence-electron chi connectivity index (χ2n) is 4.18. The van der Waals surface area contributed by atoms with Crippen molar-refractivity contribution in [2.24, 2.45) is 0 Å². The quantitative estimate of drug-likeness (QED) is 0.888. The molecule has 2 rings (SSSR count). The molecular weight excluding hydrogens is 250 g/mol. The molecule has 0 fully saturated rings. The van der Waals surface area contributed by atoms with Crippen molar-refractivity contribution in [3.8, 4) is 5.75 Å². The maximum absolute atomic E-state index is 6.07. The lowest BCUT2D eigenvalue weighted by molar-refractivity contribution is 0.415. The molecular formula is C14H16ClNO2. The summed E-state index contributed by atoms with van der Waals surface area (Å²) in [7, 11) is 1.61. The van der Waals surface area contributed by atoms with E-state index in [2.05, 4.69) is 12.2 Å². The van der Waals surface area contributed by atoms with Crippen molar-refractivity contribution in [3.05, 3.63) is 47.4 Å². The summed E-state index contributed by atoms with van der Waals surface area (Å²) in [6.07, 6.45) is 2.52. The van der Waals surface area contributed by atoms with Crippen LogP contribution in [-0.4, -0.2) is 13.2 Å². The zero-order valence-corrected chi connectivity index (χ0v) is 11.2. The van der Waals surface area contributed by atoms with Crippen molar-refractivity contribution in [1.82, 2.24) is 0 Å². The highest BCUT2D eigenvalue weighted by Crippen LogP contribution is 2.27. The molecule has 1 aromatic heterocycles. The molecule has 96 valence electrons. The predicted octanol–water partition coefficient (Wildman–Crippen LogP) is 3.98. The molecule has 0 saturated heterocycles. The van der Waals surface area contributed by atoms with Gasteiger partial charge in [-0.1, -0.05) is 11.6 Å². The van der Waals surface area contributed by atoms with E-state index in [0.717, 1.165) is 17.9 Å². The Morgan fingerprint density at radius 1 is 1.39 bits per heavy atom. The molecule has 4 heteroatoms. The van der Waals surface area contributed by atoms with Gasteiger partial charge >= 0.3 is 0 Å². The van der Waals surface area contributed by atoms with Crippen LogP contribution in [0.15, 0.2) is 41.0 Å². The molecule has 0 aliphatic carbocycles. The third-order valence-electron chi connectivity index (χ3n) is 2.65. The number of hydrogen-bond acceptors (Lipinski definition) is 3. The molecule has 18 heavy (non-hydrogen) atoms. The fourth-order valence-corrected chi connectivity index (χ4v) is 2.08. The van der Waals surface area contributed by atoms with Crippen LogP contribution in [0.2, 0.25) is 5.02 Å². The van der Waals surface area contributed by atoms with Crippen LogP contribution in [0.3, 0.4) is 0 Å². The predicted molar refractivity (Wildman–Crippen MR) is 73.5 cm³/mol. The van der Waals surface area contributed by atoms with Gasteiger partial charge in [-0.15, -0.1) is 0 Å². The summed E-state index contributed by atoms with van der Waals surface area (Å²) in [5.41, 5.74) is 0.972.